The van der Waals surface area contributed by atoms with Crippen LogP contribution in [0.5, 0.6) is 0 Å². The van der Waals surface area contributed by atoms with Gasteiger partial charge in [-0.15, -0.1) is 0 Å². The van der Waals surface area contributed by atoms with Crippen LogP contribution in [0.15, 0.2) is 0 Å². The van der Waals surface area contributed by atoms with Crippen LogP contribution in [0.2, 0.25) is 0 Å². The highest BCUT2D eigenvalue weighted by Gasteiger charge is 2.26. The van der Waals surface area contributed by atoms with Crippen LogP contribution in [0, 0.1) is 0 Å². The van der Waals surface area contributed by atoms with Gasteiger partial charge in [0.2, 0.25) is 0 Å². The van der Waals surface area contributed by atoms with Crippen molar-refractivity contribution in [1.82, 2.24) is 0 Å². The standard InChI is InChI=1S/C32H60O8/c1-3-4-5-6-7-8-9-10-11-12-13-14-15-17-30(39-25(2)33)23-28(36)21-26(34)20-27(35)22-29(37)24-31-18-16-19-32(38)40-31/h26-31,34-37H,3-24H2,1-2H3/t26-,27+,28-,29+,30-,31+/m0/s1. The Morgan fingerprint density at radius 2 is 1.25 bits per heavy atom. The minimum absolute atomic E-state index is 0.0235. The second-order valence-corrected chi connectivity index (χ2v) is 12.1. The molecule has 0 bridgehead atoms. The highest BCUT2D eigenvalue weighted by Crippen LogP contribution is 2.22. The molecule has 1 rings (SSSR count). The molecule has 0 saturated carbocycles. The number of hydrogen-bond donors (Lipinski definition) is 4. The fourth-order valence-corrected chi connectivity index (χ4v) is 5.73. The van der Waals surface area contributed by atoms with E-state index in [4.69, 9.17) is 9.47 Å². The Morgan fingerprint density at radius 3 is 1.75 bits per heavy atom. The van der Waals surface area contributed by atoms with Crippen LogP contribution in [-0.2, 0) is 19.1 Å². The zero-order chi connectivity index (χ0) is 29.6. The van der Waals surface area contributed by atoms with Crippen molar-refractivity contribution in [1.29, 1.82) is 0 Å². The van der Waals surface area contributed by atoms with E-state index in [2.05, 4.69) is 6.92 Å². The van der Waals surface area contributed by atoms with Crippen LogP contribution in [-0.4, -0.2) is 69.0 Å². The molecule has 0 aromatic carbocycles. The molecule has 0 aliphatic carbocycles. The second-order valence-electron chi connectivity index (χ2n) is 12.1. The third-order valence-electron chi connectivity index (χ3n) is 7.87. The first-order chi connectivity index (χ1) is 19.2. The van der Waals surface area contributed by atoms with Crippen molar-refractivity contribution in [2.75, 3.05) is 0 Å². The Labute approximate surface area is 243 Å². The van der Waals surface area contributed by atoms with E-state index in [1.54, 1.807) is 0 Å². The summed E-state index contributed by atoms with van der Waals surface area (Å²) >= 11 is 0. The molecule has 1 heterocycles. The normalized spacial score (nSPS) is 19.4. The third kappa shape index (κ3) is 20.6. The Hall–Kier alpha value is -1.22. The molecule has 8 nitrogen and oxygen atoms in total. The van der Waals surface area contributed by atoms with Crippen LogP contribution in [0.1, 0.15) is 155 Å². The first kappa shape index (κ1) is 36.8. The van der Waals surface area contributed by atoms with Gasteiger partial charge in [0.05, 0.1) is 24.4 Å². The van der Waals surface area contributed by atoms with Gasteiger partial charge in [0.1, 0.15) is 12.2 Å². The molecule has 0 radical (unpaired) electrons. The molecule has 0 spiro atoms. The Kier molecular flexibility index (Phi) is 21.5. The number of esters is 2. The zero-order valence-corrected chi connectivity index (χ0v) is 25.4. The van der Waals surface area contributed by atoms with Gasteiger partial charge in [-0.3, -0.25) is 9.59 Å². The maximum Gasteiger partial charge on any atom is 0.306 e. The molecule has 1 saturated heterocycles. The van der Waals surface area contributed by atoms with Gasteiger partial charge in [0.25, 0.3) is 0 Å². The van der Waals surface area contributed by atoms with Gasteiger partial charge in [-0.2, -0.15) is 0 Å². The molecule has 6 atom stereocenters. The molecule has 8 heteroatoms. The monoisotopic (exact) mass is 572 g/mol. The summed E-state index contributed by atoms with van der Waals surface area (Å²) in [5.41, 5.74) is 0. The van der Waals surface area contributed by atoms with Gasteiger partial charge in [-0.05, 0) is 44.9 Å². The zero-order valence-electron chi connectivity index (χ0n) is 25.4. The SMILES string of the molecule is CCCCCCCCCCCCCCC[C@@H](C[C@@H](O)C[C@@H](O)C[C@@H](O)C[C@@H](O)C[C@H]1CCCC(=O)O1)OC(C)=O. The van der Waals surface area contributed by atoms with Crippen LogP contribution in [0.25, 0.3) is 0 Å². The molecule has 0 amide bonds. The number of unbranched alkanes of at least 4 members (excludes halogenated alkanes) is 12. The predicted octanol–water partition coefficient (Wildman–Crippen LogP) is 5.89. The van der Waals surface area contributed by atoms with Gasteiger partial charge < -0.3 is 29.9 Å². The van der Waals surface area contributed by atoms with E-state index in [0.29, 0.717) is 19.3 Å². The smallest absolute Gasteiger partial charge is 0.306 e. The third-order valence-corrected chi connectivity index (χ3v) is 7.87. The number of cyclic esters (lactones) is 1. The Balaban J connectivity index is 2.18. The second kappa shape index (κ2) is 23.4. The molecule has 40 heavy (non-hydrogen) atoms. The van der Waals surface area contributed by atoms with E-state index < -0.39 is 30.5 Å². The number of rotatable bonds is 25. The fourth-order valence-electron chi connectivity index (χ4n) is 5.73. The largest absolute Gasteiger partial charge is 0.462 e. The summed E-state index contributed by atoms with van der Waals surface area (Å²) < 4.78 is 10.6. The molecule has 1 aliphatic heterocycles. The molecule has 1 fully saturated rings. The number of aliphatic hydroxyl groups is 4. The van der Waals surface area contributed by atoms with Gasteiger partial charge >= 0.3 is 11.9 Å². The molecular formula is C32H60O8. The topological polar surface area (TPSA) is 134 Å². The lowest BCUT2D eigenvalue weighted by atomic mass is 9.95. The van der Waals surface area contributed by atoms with E-state index >= 15 is 0 Å². The summed E-state index contributed by atoms with van der Waals surface area (Å²) in [6.07, 6.45) is 15.3. The maximum absolute atomic E-state index is 11.6. The first-order valence-corrected chi connectivity index (χ1v) is 16.3. The van der Waals surface area contributed by atoms with Crippen molar-refractivity contribution in [2.24, 2.45) is 0 Å². The van der Waals surface area contributed by atoms with Crippen LogP contribution >= 0.6 is 0 Å². The van der Waals surface area contributed by atoms with Crippen molar-refractivity contribution in [3.8, 4) is 0 Å². The molecule has 0 unspecified atom stereocenters. The number of hydrogen-bond acceptors (Lipinski definition) is 8. The lowest BCUT2D eigenvalue weighted by molar-refractivity contribution is -0.155. The number of carbonyl (C=O) groups excluding carboxylic acids is 2. The van der Waals surface area contributed by atoms with E-state index in [1.807, 2.05) is 0 Å². The van der Waals surface area contributed by atoms with Gasteiger partial charge in [-0.25, -0.2) is 0 Å². The lowest BCUT2D eigenvalue weighted by Crippen LogP contribution is -2.31. The van der Waals surface area contributed by atoms with Crippen LogP contribution in [0.3, 0.4) is 0 Å². The number of carbonyl (C=O) groups is 2. The predicted molar refractivity (Wildman–Crippen MR) is 157 cm³/mol. The average Bonchev–Trinajstić information content (AvgIpc) is 2.86. The summed E-state index contributed by atoms with van der Waals surface area (Å²) in [7, 11) is 0. The van der Waals surface area contributed by atoms with Crippen molar-refractivity contribution in [3.05, 3.63) is 0 Å². The van der Waals surface area contributed by atoms with Crippen LogP contribution in [0.4, 0.5) is 0 Å². The van der Waals surface area contributed by atoms with E-state index in [1.165, 1.54) is 71.1 Å². The number of aliphatic hydroxyl groups excluding tert-OH is 4. The first-order valence-electron chi connectivity index (χ1n) is 16.3. The van der Waals surface area contributed by atoms with Crippen LogP contribution < -0.4 is 0 Å². The average molecular weight is 573 g/mol. The summed E-state index contributed by atoms with van der Waals surface area (Å²) in [6, 6.07) is 0. The van der Waals surface area contributed by atoms with Gasteiger partial charge in [0, 0.05) is 26.2 Å². The molecule has 0 aromatic rings. The van der Waals surface area contributed by atoms with Gasteiger partial charge in [0.15, 0.2) is 0 Å². The van der Waals surface area contributed by atoms with E-state index in [0.717, 1.165) is 25.7 Å². The van der Waals surface area contributed by atoms with E-state index in [9.17, 15) is 30.0 Å². The van der Waals surface area contributed by atoms with Crippen molar-refractivity contribution in [3.63, 3.8) is 0 Å². The summed E-state index contributed by atoms with van der Waals surface area (Å²) in [6.45, 7) is 3.62. The van der Waals surface area contributed by atoms with E-state index in [-0.39, 0.29) is 50.1 Å². The highest BCUT2D eigenvalue weighted by atomic mass is 16.5. The van der Waals surface area contributed by atoms with Gasteiger partial charge in [-0.1, -0.05) is 84.0 Å². The molecule has 236 valence electrons. The maximum atomic E-state index is 11.6. The molecule has 4 N–H and O–H groups in total. The van der Waals surface area contributed by atoms with Crippen molar-refractivity contribution < 1.29 is 39.5 Å². The Morgan fingerprint density at radius 1 is 0.775 bits per heavy atom. The molecule has 0 aromatic heterocycles. The highest BCUT2D eigenvalue weighted by molar-refractivity contribution is 5.70. The minimum atomic E-state index is -0.945. The number of ether oxygens (including phenoxy) is 2. The summed E-state index contributed by atoms with van der Waals surface area (Å²) in [5.74, 6) is -0.630. The molecular weight excluding hydrogens is 512 g/mol. The fraction of sp³-hybridized carbons (Fsp3) is 0.938. The van der Waals surface area contributed by atoms with Crippen molar-refractivity contribution >= 4 is 11.9 Å². The summed E-state index contributed by atoms with van der Waals surface area (Å²) in [5, 5.41) is 41.4. The summed E-state index contributed by atoms with van der Waals surface area (Å²) in [4.78, 5) is 23.0. The van der Waals surface area contributed by atoms with Crippen molar-refractivity contribution in [2.45, 2.75) is 192 Å². The quantitative estimate of drug-likeness (QED) is 0.0786. The lowest BCUT2D eigenvalue weighted by Gasteiger charge is -2.26. The molecule has 1 aliphatic rings. The minimum Gasteiger partial charge on any atom is -0.462 e. The Bertz CT molecular complexity index is 642.